The molecule has 1 N–H and O–H groups in total. The van der Waals surface area contributed by atoms with E-state index in [1.807, 2.05) is 6.20 Å². The Kier molecular flexibility index (Phi) is 5.86. The second-order valence-corrected chi connectivity index (χ2v) is 6.97. The highest BCUT2D eigenvalue weighted by Gasteiger charge is 2.31. The second-order valence-electron chi connectivity index (χ2n) is 6.57. The maximum Gasteiger partial charge on any atom is 0.0621 e. The molecule has 1 aromatic rings. The lowest BCUT2D eigenvalue weighted by Crippen LogP contribution is -2.34. The molecule has 3 unspecified atom stereocenters. The predicted octanol–water partition coefficient (Wildman–Crippen LogP) is 4.19. The Morgan fingerprint density at radius 3 is 2.80 bits per heavy atom. The van der Waals surface area contributed by atoms with Crippen LogP contribution in [0.1, 0.15) is 38.7 Å². The molecule has 1 aliphatic carbocycles. The van der Waals surface area contributed by atoms with Crippen molar-refractivity contribution in [2.24, 2.45) is 23.7 Å². The maximum absolute atomic E-state index is 6.29. The summed E-state index contributed by atoms with van der Waals surface area (Å²) in [6.07, 6.45) is 8.78. The van der Waals surface area contributed by atoms with Gasteiger partial charge < -0.3 is 5.32 Å². The molecule has 0 aliphatic heterocycles. The zero-order valence-electron chi connectivity index (χ0n) is 12.9. The third kappa shape index (κ3) is 3.95. The highest BCUT2D eigenvalue weighted by Crippen LogP contribution is 2.39. The van der Waals surface area contributed by atoms with Gasteiger partial charge in [0, 0.05) is 12.4 Å². The summed E-state index contributed by atoms with van der Waals surface area (Å²) >= 11 is 6.29. The van der Waals surface area contributed by atoms with Gasteiger partial charge in [-0.2, -0.15) is 0 Å². The molecular weight excluding hydrogens is 268 g/mol. The van der Waals surface area contributed by atoms with Crippen LogP contribution in [-0.2, 0) is 6.42 Å². The summed E-state index contributed by atoms with van der Waals surface area (Å²) in [5.74, 6) is 3.18. The van der Waals surface area contributed by atoms with E-state index < -0.39 is 0 Å². The fraction of sp³-hybridized carbons (Fsp3) is 0.706. The van der Waals surface area contributed by atoms with Crippen LogP contribution in [0.15, 0.2) is 18.5 Å². The lowest BCUT2D eigenvalue weighted by Gasteiger charge is -2.38. The van der Waals surface area contributed by atoms with Gasteiger partial charge in [-0.1, -0.05) is 25.4 Å². The number of aromatic nitrogens is 1. The fourth-order valence-corrected chi connectivity index (χ4v) is 3.80. The van der Waals surface area contributed by atoms with Crippen molar-refractivity contribution in [1.82, 2.24) is 10.3 Å². The molecule has 1 saturated carbocycles. The molecule has 20 heavy (non-hydrogen) atoms. The van der Waals surface area contributed by atoms with Crippen LogP contribution < -0.4 is 5.32 Å². The Balaban J connectivity index is 2.09. The normalized spacial score (nSPS) is 26.9. The standard InChI is InChI=1S/C17H27ClN2/c1-12(2)13-4-5-15(10-19-3)16(8-13)9-14-6-7-20-11-17(14)18/h6-7,11-13,15-16,19H,4-5,8-10H2,1-3H3. The summed E-state index contributed by atoms with van der Waals surface area (Å²) in [5.41, 5.74) is 1.26. The van der Waals surface area contributed by atoms with Crippen LogP contribution in [0.2, 0.25) is 5.02 Å². The van der Waals surface area contributed by atoms with Crippen molar-refractivity contribution < 1.29 is 0 Å². The fourth-order valence-electron chi connectivity index (χ4n) is 3.60. The van der Waals surface area contributed by atoms with Crippen LogP contribution in [-0.4, -0.2) is 18.6 Å². The first-order valence-electron chi connectivity index (χ1n) is 7.84. The van der Waals surface area contributed by atoms with Gasteiger partial charge in [0.25, 0.3) is 0 Å². The number of nitrogens with zero attached hydrogens (tertiary/aromatic N) is 1. The van der Waals surface area contributed by atoms with Gasteiger partial charge in [-0.3, -0.25) is 4.98 Å². The van der Waals surface area contributed by atoms with Gasteiger partial charge in [0.15, 0.2) is 0 Å². The smallest absolute Gasteiger partial charge is 0.0621 e. The Labute approximate surface area is 128 Å². The van der Waals surface area contributed by atoms with Gasteiger partial charge in [0.2, 0.25) is 0 Å². The molecule has 1 aromatic heterocycles. The van der Waals surface area contributed by atoms with E-state index in [1.54, 1.807) is 6.20 Å². The SMILES string of the molecule is CNCC1CCC(C(C)C)CC1Cc1ccncc1Cl. The van der Waals surface area contributed by atoms with Crippen LogP contribution >= 0.6 is 11.6 Å². The lowest BCUT2D eigenvalue weighted by atomic mass is 9.69. The zero-order valence-corrected chi connectivity index (χ0v) is 13.7. The number of hydrogen-bond acceptors (Lipinski definition) is 2. The number of nitrogens with one attached hydrogen (secondary N) is 1. The minimum atomic E-state index is 0.739. The molecule has 0 amide bonds. The van der Waals surface area contributed by atoms with Gasteiger partial charge >= 0.3 is 0 Å². The van der Waals surface area contributed by atoms with Crippen molar-refractivity contribution in [2.45, 2.75) is 39.5 Å². The highest BCUT2D eigenvalue weighted by molar-refractivity contribution is 6.31. The van der Waals surface area contributed by atoms with Gasteiger partial charge in [0.1, 0.15) is 0 Å². The number of hydrogen-bond donors (Lipinski definition) is 1. The topological polar surface area (TPSA) is 24.9 Å². The Morgan fingerprint density at radius 1 is 1.35 bits per heavy atom. The minimum Gasteiger partial charge on any atom is -0.319 e. The number of rotatable bonds is 5. The zero-order chi connectivity index (χ0) is 14.5. The monoisotopic (exact) mass is 294 g/mol. The van der Waals surface area contributed by atoms with E-state index in [9.17, 15) is 0 Å². The van der Waals surface area contributed by atoms with E-state index in [0.29, 0.717) is 0 Å². The summed E-state index contributed by atoms with van der Waals surface area (Å²) in [5, 5.41) is 4.19. The quantitative estimate of drug-likeness (QED) is 0.881. The molecular formula is C17H27ClN2. The Hall–Kier alpha value is -0.600. The lowest BCUT2D eigenvalue weighted by molar-refractivity contribution is 0.146. The first-order chi connectivity index (χ1) is 9.61. The van der Waals surface area contributed by atoms with Gasteiger partial charge in [-0.05, 0) is 74.6 Å². The van der Waals surface area contributed by atoms with E-state index in [0.717, 1.165) is 41.7 Å². The van der Waals surface area contributed by atoms with E-state index in [1.165, 1.54) is 24.8 Å². The van der Waals surface area contributed by atoms with Crippen LogP contribution in [0.4, 0.5) is 0 Å². The second kappa shape index (κ2) is 7.42. The summed E-state index contributed by atoms with van der Waals surface area (Å²) in [7, 11) is 2.06. The van der Waals surface area contributed by atoms with Crippen LogP contribution in [0, 0.1) is 23.7 Å². The van der Waals surface area contributed by atoms with E-state index >= 15 is 0 Å². The molecule has 2 nitrogen and oxygen atoms in total. The number of pyridine rings is 1. The van der Waals surface area contributed by atoms with Crippen LogP contribution in [0.25, 0.3) is 0 Å². The van der Waals surface area contributed by atoms with Crippen LogP contribution in [0.3, 0.4) is 0 Å². The largest absolute Gasteiger partial charge is 0.319 e. The Bertz CT molecular complexity index is 419. The number of halogens is 1. The average Bonchev–Trinajstić information content (AvgIpc) is 2.43. The molecule has 1 aliphatic rings. The average molecular weight is 295 g/mol. The molecule has 1 heterocycles. The molecule has 1 fully saturated rings. The van der Waals surface area contributed by atoms with Gasteiger partial charge in [-0.15, -0.1) is 0 Å². The molecule has 0 saturated heterocycles. The Morgan fingerprint density at radius 2 is 2.15 bits per heavy atom. The van der Waals surface area contributed by atoms with E-state index in [-0.39, 0.29) is 0 Å². The van der Waals surface area contributed by atoms with Crippen LogP contribution in [0.5, 0.6) is 0 Å². The maximum atomic E-state index is 6.29. The van der Waals surface area contributed by atoms with E-state index in [4.69, 9.17) is 11.6 Å². The van der Waals surface area contributed by atoms with Crippen molar-refractivity contribution >= 4 is 11.6 Å². The highest BCUT2D eigenvalue weighted by atomic mass is 35.5. The van der Waals surface area contributed by atoms with Crippen molar-refractivity contribution in [3.8, 4) is 0 Å². The molecule has 3 atom stereocenters. The van der Waals surface area contributed by atoms with Crippen molar-refractivity contribution in [3.63, 3.8) is 0 Å². The molecule has 3 heteroatoms. The summed E-state index contributed by atoms with van der Waals surface area (Å²) in [6, 6.07) is 2.08. The summed E-state index contributed by atoms with van der Waals surface area (Å²) < 4.78 is 0. The first kappa shape index (κ1) is 15.8. The molecule has 0 aromatic carbocycles. The van der Waals surface area contributed by atoms with Gasteiger partial charge in [-0.25, -0.2) is 0 Å². The minimum absolute atomic E-state index is 0.739. The molecule has 2 rings (SSSR count). The molecule has 0 radical (unpaired) electrons. The molecule has 112 valence electrons. The first-order valence-corrected chi connectivity index (χ1v) is 8.22. The third-order valence-electron chi connectivity index (χ3n) is 4.93. The van der Waals surface area contributed by atoms with Crippen molar-refractivity contribution in [2.75, 3.05) is 13.6 Å². The third-order valence-corrected chi connectivity index (χ3v) is 5.27. The molecule has 0 spiro atoms. The van der Waals surface area contributed by atoms with Crippen molar-refractivity contribution in [1.29, 1.82) is 0 Å². The molecule has 0 bridgehead atoms. The summed E-state index contributed by atoms with van der Waals surface area (Å²) in [6.45, 7) is 5.84. The van der Waals surface area contributed by atoms with Gasteiger partial charge in [0.05, 0.1) is 5.02 Å². The predicted molar refractivity (Wildman–Crippen MR) is 86.0 cm³/mol. The summed E-state index contributed by atoms with van der Waals surface area (Å²) in [4.78, 5) is 4.09. The van der Waals surface area contributed by atoms with Crippen molar-refractivity contribution in [3.05, 3.63) is 29.0 Å². The van der Waals surface area contributed by atoms with E-state index in [2.05, 4.69) is 37.3 Å².